The summed E-state index contributed by atoms with van der Waals surface area (Å²) in [5.41, 5.74) is 2.49. The summed E-state index contributed by atoms with van der Waals surface area (Å²) in [5, 5.41) is 3.35. The molecule has 5 heteroatoms. The number of rotatable bonds is 7. The number of anilines is 1. The van der Waals surface area contributed by atoms with Crippen LogP contribution in [0.4, 0.5) is 5.82 Å². The second kappa shape index (κ2) is 7.86. The zero-order chi connectivity index (χ0) is 14.4. The number of nitrogens with zero attached hydrogens (tertiary/aromatic N) is 2. The van der Waals surface area contributed by atoms with Gasteiger partial charge in [0.1, 0.15) is 5.82 Å². The van der Waals surface area contributed by atoms with Gasteiger partial charge in [-0.3, -0.25) is 0 Å². The predicted molar refractivity (Wildman–Crippen MR) is 86.7 cm³/mol. The Labute approximate surface area is 126 Å². The monoisotopic (exact) mass is 295 g/mol. The minimum atomic E-state index is 0.636. The molecule has 0 aliphatic carbocycles. The molecule has 0 aromatic carbocycles. The maximum Gasteiger partial charge on any atom is 0.131 e. The van der Waals surface area contributed by atoms with Gasteiger partial charge >= 0.3 is 0 Å². The second-order valence-electron chi connectivity index (χ2n) is 5.28. The Hall–Kier alpha value is -0.780. The van der Waals surface area contributed by atoms with Crippen LogP contribution in [0.5, 0.6) is 0 Å². The lowest BCUT2D eigenvalue weighted by atomic mass is 10.1. The molecular weight excluding hydrogens is 270 g/mol. The Bertz CT molecular complexity index is 422. The summed E-state index contributed by atoms with van der Waals surface area (Å²) >= 11 is 2.04. The number of hydrogen-bond donors (Lipinski definition) is 1. The summed E-state index contributed by atoms with van der Waals surface area (Å²) in [6.07, 6.45) is 3.25. The largest absolute Gasteiger partial charge is 0.383 e. The molecular formula is C15H25N3OS. The van der Waals surface area contributed by atoms with Gasteiger partial charge in [-0.05, 0) is 36.3 Å². The lowest BCUT2D eigenvalue weighted by Gasteiger charge is -2.26. The second-order valence-corrected chi connectivity index (χ2v) is 6.43. The van der Waals surface area contributed by atoms with Gasteiger partial charge in [-0.25, -0.2) is 4.98 Å². The maximum absolute atomic E-state index is 5.02. The van der Waals surface area contributed by atoms with E-state index in [-0.39, 0.29) is 0 Å². The topological polar surface area (TPSA) is 37.4 Å². The Morgan fingerprint density at radius 2 is 2.40 bits per heavy atom. The van der Waals surface area contributed by atoms with Crippen LogP contribution < -0.4 is 10.2 Å². The highest BCUT2D eigenvalue weighted by molar-refractivity contribution is 7.99. The maximum atomic E-state index is 5.02. The number of aromatic nitrogens is 1. The fourth-order valence-corrected chi connectivity index (χ4v) is 3.77. The van der Waals surface area contributed by atoms with Gasteiger partial charge in [0.05, 0.1) is 6.61 Å². The van der Waals surface area contributed by atoms with E-state index in [1.165, 1.54) is 29.1 Å². The molecule has 1 aliphatic rings. The third-order valence-electron chi connectivity index (χ3n) is 3.71. The van der Waals surface area contributed by atoms with E-state index in [4.69, 9.17) is 4.74 Å². The van der Waals surface area contributed by atoms with Crippen LogP contribution in [0.3, 0.4) is 0 Å². The van der Waals surface area contributed by atoms with E-state index >= 15 is 0 Å². The van der Waals surface area contributed by atoms with Crippen molar-refractivity contribution in [3.05, 3.63) is 23.4 Å². The summed E-state index contributed by atoms with van der Waals surface area (Å²) in [6, 6.07) is 2.87. The number of aryl methyl sites for hydroxylation is 1. The number of thioether (sulfide) groups is 1. The zero-order valence-corrected chi connectivity index (χ0v) is 13.5. The SMILES string of the molecule is COCCNCc1cnc(N(C)C2CCSC2)c(C)c1. The molecule has 0 amide bonds. The van der Waals surface area contributed by atoms with E-state index in [0.29, 0.717) is 6.04 Å². The number of nitrogens with one attached hydrogen (secondary N) is 1. The fraction of sp³-hybridized carbons (Fsp3) is 0.667. The Morgan fingerprint density at radius 3 is 3.05 bits per heavy atom. The van der Waals surface area contributed by atoms with Crippen molar-refractivity contribution in [1.82, 2.24) is 10.3 Å². The van der Waals surface area contributed by atoms with E-state index in [1.54, 1.807) is 7.11 Å². The normalized spacial score (nSPS) is 18.4. The molecule has 0 radical (unpaired) electrons. The number of ether oxygens (including phenoxy) is 1. The van der Waals surface area contributed by atoms with Crippen LogP contribution >= 0.6 is 11.8 Å². The van der Waals surface area contributed by atoms with Gasteiger partial charge in [0, 0.05) is 45.2 Å². The molecule has 2 rings (SSSR count). The molecule has 0 spiro atoms. The van der Waals surface area contributed by atoms with Crippen molar-refractivity contribution in [3.63, 3.8) is 0 Å². The van der Waals surface area contributed by atoms with Crippen LogP contribution in [0, 0.1) is 6.92 Å². The van der Waals surface area contributed by atoms with E-state index in [1.807, 2.05) is 18.0 Å². The third kappa shape index (κ3) is 4.11. The summed E-state index contributed by atoms with van der Waals surface area (Å²) < 4.78 is 5.02. The molecule has 1 aliphatic heterocycles. The summed E-state index contributed by atoms with van der Waals surface area (Å²) in [6.45, 7) is 4.61. The van der Waals surface area contributed by atoms with Crippen LogP contribution in [-0.2, 0) is 11.3 Å². The Kier molecular flexibility index (Phi) is 6.13. The van der Waals surface area contributed by atoms with Crippen LogP contribution in [0.1, 0.15) is 17.5 Å². The van der Waals surface area contributed by atoms with Gasteiger partial charge < -0.3 is 15.0 Å². The first kappa shape index (κ1) is 15.6. The summed E-state index contributed by atoms with van der Waals surface area (Å²) in [5.74, 6) is 3.62. The zero-order valence-electron chi connectivity index (χ0n) is 12.7. The van der Waals surface area contributed by atoms with Gasteiger partial charge in [-0.15, -0.1) is 0 Å². The van der Waals surface area contributed by atoms with Crippen molar-refractivity contribution in [3.8, 4) is 0 Å². The standard InChI is InChI=1S/C15H25N3OS/c1-12-8-13(9-16-5-6-19-3)10-17-15(12)18(2)14-4-7-20-11-14/h8,10,14,16H,4-7,9,11H2,1-3H3. The van der Waals surface area contributed by atoms with Crippen molar-refractivity contribution in [2.75, 3.05) is 43.7 Å². The van der Waals surface area contributed by atoms with Crippen LogP contribution in [0.25, 0.3) is 0 Å². The molecule has 1 atom stereocenters. The quantitative estimate of drug-likeness (QED) is 0.780. The van der Waals surface area contributed by atoms with Gasteiger partial charge in [0.2, 0.25) is 0 Å². The fourth-order valence-electron chi connectivity index (χ4n) is 2.50. The third-order valence-corrected chi connectivity index (χ3v) is 4.85. The lowest BCUT2D eigenvalue weighted by molar-refractivity contribution is 0.199. The van der Waals surface area contributed by atoms with Gasteiger partial charge in [-0.2, -0.15) is 11.8 Å². The lowest BCUT2D eigenvalue weighted by Crippen LogP contribution is -2.32. The van der Waals surface area contributed by atoms with Crippen LogP contribution in [-0.4, -0.2) is 49.8 Å². The molecule has 1 saturated heterocycles. The van der Waals surface area contributed by atoms with E-state index in [9.17, 15) is 0 Å². The molecule has 4 nitrogen and oxygen atoms in total. The molecule has 0 saturated carbocycles. The summed E-state index contributed by atoms with van der Waals surface area (Å²) in [7, 11) is 3.89. The molecule has 1 unspecified atom stereocenters. The first-order valence-electron chi connectivity index (χ1n) is 7.18. The molecule has 112 valence electrons. The highest BCUT2D eigenvalue weighted by Gasteiger charge is 2.22. The van der Waals surface area contributed by atoms with Crippen molar-refractivity contribution in [2.45, 2.75) is 25.9 Å². The average Bonchev–Trinajstić information content (AvgIpc) is 2.97. The molecule has 1 N–H and O–H groups in total. The molecule has 1 fully saturated rings. The van der Waals surface area contributed by atoms with Crippen molar-refractivity contribution < 1.29 is 4.74 Å². The Balaban J connectivity index is 1.94. The minimum Gasteiger partial charge on any atom is -0.383 e. The molecule has 1 aromatic heterocycles. The van der Waals surface area contributed by atoms with Gasteiger partial charge in [0.15, 0.2) is 0 Å². The number of methoxy groups -OCH3 is 1. The number of pyridine rings is 1. The van der Waals surface area contributed by atoms with Crippen LogP contribution in [0.2, 0.25) is 0 Å². The Morgan fingerprint density at radius 1 is 1.55 bits per heavy atom. The molecule has 2 heterocycles. The van der Waals surface area contributed by atoms with E-state index in [2.05, 4.69) is 35.2 Å². The van der Waals surface area contributed by atoms with E-state index in [0.717, 1.165) is 25.5 Å². The smallest absolute Gasteiger partial charge is 0.131 e. The first-order valence-corrected chi connectivity index (χ1v) is 8.33. The predicted octanol–water partition coefficient (Wildman–Crippen LogP) is 2.07. The average molecular weight is 295 g/mol. The molecule has 1 aromatic rings. The summed E-state index contributed by atoms with van der Waals surface area (Å²) in [4.78, 5) is 7.01. The van der Waals surface area contributed by atoms with E-state index < -0.39 is 0 Å². The van der Waals surface area contributed by atoms with Crippen molar-refractivity contribution in [1.29, 1.82) is 0 Å². The minimum absolute atomic E-state index is 0.636. The molecule has 0 bridgehead atoms. The van der Waals surface area contributed by atoms with Gasteiger partial charge in [0.25, 0.3) is 0 Å². The highest BCUT2D eigenvalue weighted by Crippen LogP contribution is 2.26. The number of hydrogen-bond acceptors (Lipinski definition) is 5. The van der Waals surface area contributed by atoms with Gasteiger partial charge in [-0.1, -0.05) is 0 Å². The van der Waals surface area contributed by atoms with Crippen LogP contribution in [0.15, 0.2) is 12.3 Å². The first-order chi connectivity index (χ1) is 9.72. The van der Waals surface area contributed by atoms with Crippen molar-refractivity contribution >= 4 is 17.6 Å². The van der Waals surface area contributed by atoms with Crippen molar-refractivity contribution in [2.24, 2.45) is 0 Å². The molecule has 20 heavy (non-hydrogen) atoms. The highest BCUT2D eigenvalue weighted by atomic mass is 32.2.